The molecule has 114 valence electrons. The monoisotopic (exact) mass is 308 g/mol. The van der Waals surface area contributed by atoms with Crippen molar-refractivity contribution in [2.24, 2.45) is 0 Å². The Labute approximate surface area is 129 Å². The molecule has 21 heavy (non-hydrogen) atoms. The third-order valence-electron chi connectivity index (χ3n) is 3.50. The third-order valence-corrected chi connectivity index (χ3v) is 4.40. The first-order valence-electron chi connectivity index (χ1n) is 7.00. The normalized spacial score (nSPS) is 12.2. The van der Waals surface area contributed by atoms with E-state index in [0.717, 1.165) is 12.1 Å². The van der Waals surface area contributed by atoms with Gasteiger partial charge < -0.3 is 15.4 Å². The smallest absolute Gasteiger partial charge is 0.167 e. The van der Waals surface area contributed by atoms with Gasteiger partial charge in [-0.2, -0.15) is 0 Å². The lowest BCUT2D eigenvalue weighted by atomic mass is 10.1. The highest BCUT2D eigenvalue weighted by Crippen LogP contribution is 2.32. The minimum Gasteiger partial charge on any atom is -0.491 e. The Kier molecular flexibility index (Phi) is 5.07. The summed E-state index contributed by atoms with van der Waals surface area (Å²) in [6, 6.07) is 7.43. The number of hydrogen-bond donors (Lipinski definition) is 1. The van der Waals surface area contributed by atoms with Crippen LogP contribution in [0, 0.1) is 5.82 Å². The molecule has 0 fully saturated rings. The number of nitrogens with zero attached hydrogens (tertiary/aromatic N) is 1. The lowest BCUT2D eigenvalue weighted by molar-refractivity contribution is 0.321. The largest absolute Gasteiger partial charge is 0.491 e. The van der Waals surface area contributed by atoms with Crippen LogP contribution in [0.2, 0.25) is 0 Å². The van der Waals surface area contributed by atoms with Crippen molar-refractivity contribution in [1.29, 1.82) is 0 Å². The van der Waals surface area contributed by atoms with Gasteiger partial charge in [-0.25, -0.2) is 4.39 Å². The van der Waals surface area contributed by atoms with Gasteiger partial charge >= 0.3 is 0 Å². The molecule has 0 radical (unpaired) electrons. The molecule has 0 aliphatic carbocycles. The predicted molar refractivity (Wildman–Crippen MR) is 87.9 cm³/mol. The summed E-state index contributed by atoms with van der Waals surface area (Å²) < 4.78 is 19.1. The second kappa shape index (κ2) is 6.80. The van der Waals surface area contributed by atoms with Crippen molar-refractivity contribution < 1.29 is 9.13 Å². The molecule has 3 nitrogen and oxygen atoms in total. The SMILES string of the molecule is CCOc1cc(N(C)C(C)Cc2cccs2)c(N)cc1F. The number of nitrogens with two attached hydrogens (primary N) is 1. The summed E-state index contributed by atoms with van der Waals surface area (Å²) >= 11 is 1.74. The van der Waals surface area contributed by atoms with E-state index < -0.39 is 5.82 Å². The maximum atomic E-state index is 13.8. The predicted octanol–water partition coefficient (Wildman–Crippen LogP) is 3.94. The Bertz CT molecular complexity index is 586. The van der Waals surface area contributed by atoms with Gasteiger partial charge in [-0.1, -0.05) is 6.07 Å². The van der Waals surface area contributed by atoms with E-state index in [1.54, 1.807) is 17.4 Å². The van der Waals surface area contributed by atoms with Crippen LogP contribution < -0.4 is 15.4 Å². The van der Waals surface area contributed by atoms with E-state index in [2.05, 4.69) is 23.3 Å². The number of rotatable bonds is 6. The topological polar surface area (TPSA) is 38.5 Å². The molecule has 1 heterocycles. The molecule has 2 N–H and O–H groups in total. The standard InChI is InChI=1S/C16H21FN2OS/c1-4-20-16-10-15(14(18)9-13(16)17)19(3)11(2)8-12-6-5-7-21-12/h5-7,9-11H,4,8,18H2,1-3H3. The van der Waals surface area contributed by atoms with E-state index >= 15 is 0 Å². The second-order valence-corrected chi connectivity index (χ2v) is 6.05. The van der Waals surface area contributed by atoms with Crippen LogP contribution in [-0.2, 0) is 6.42 Å². The van der Waals surface area contributed by atoms with E-state index in [1.165, 1.54) is 10.9 Å². The highest BCUT2D eigenvalue weighted by Gasteiger charge is 2.17. The lowest BCUT2D eigenvalue weighted by Crippen LogP contribution is -2.31. The van der Waals surface area contributed by atoms with Crippen molar-refractivity contribution in [1.82, 2.24) is 0 Å². The summed E-state index contributed by atoms with van der Waals surface area (Å²) in [6.45, 7) is 4.39. The number of nitrogen functional groups attached to an aromatic ring is 1. The van der Waals surface area contributed by atoms with E-state index in [-0.39, 0.29) is 11.8 Å². The van der Waals surface area contributed by atoms with Gasteiger partial charge in [0.2, 0.25) is 0 Å². The lowest BCUT2D eigenvalue weighted by Gasteiger charge is -2.28. The maximum Gasteiger partial charge on any atom is 0.167 e. The third kappa shape index (κ3) is 3.67. The van der Waals surface area contributed by atoms with Crippen LogP contribution in [0.15, 0.2) is 29.6 Å². The second-order valence-electron chi connectivity index (χ2n) is 5.02. The minimum atomic E-state index is -0.419. The fraction of sp³-hybridized carbons (Fsp3) is 0.375. The molecule has 1 unspecified atom stereocenters. The van der Waals surface area contributed by atoms with Crippen LogP contribution in [0.4, 0.5) is 15.8 Å². The van der Waals surface area contributed by atoms with Gasteiger partial charge in [-0.15, -0.1) is 11.3 Å². The number of anilines is 2. The first kappa shape index (κ1) is 15.6. The minimum absolute atomic E-state index is 0.247. The number of halogens is 1. The van der Waals surface area contributed by atoms with Crippen LogP contribution in [0.5, 0.6) is 5.75 Å². The molecule has 1 aromatic heterocycles. The zero-order chi connectivity index (χ0) is 15.4. The molecule has 0 amide bonds. The molecule has 2 rings (SSSR count). The van der Waals surface area contributed by atoms with Crippen LogP contribution in [0.25, 0.3) is 0 Å². The Balaban J connectivity index is 2.21. The van der Waals surface area contributed by atoms with Gasteiger partial charge in [-0.3, -0.25) is 0 Å². The fourth-order valence-corrected chi connectivity index (χ4v) is 3.05. The Morgan fingerprint density at radius 2 is 2.19 bits per heavy atom. The summed E-state index contributed by atoms with van der Waals surface area (Å²) in [5.74, 6) is -0.172. The van der Waals surface area contributed by atoms with E-state index in [1.807, 2.05) is 20.0 Å². The zero-order valence-corrected chi connectivity index (χ0v) is 13.4. The quantitative estimate of drug-likeness (QED) is 0.822. The molecule has 0 aliphatic heterocycles. The Hall–Kier alpha value is -1.75. The molecule has 0 saturated heterocycles. The van der Waals surface area contributed by atoms with Crippen molar-refractivity contribution >= 4 is 22.7 Å². The van der Waals surface area contributed by atoms with Crippen LogP contribution in [-0.4, -0.2) is 19.7 Å². The molecule has 0 aliphatic rings. The summed E-state index contributed by atoms with van der Waals surface area (Å²) in [4.78, 5) is 3.39. The average Bonchev–Trinajstić information content (AvgIpc) is 2.94. The van der Waals surface area contributed by atoms with Crippen molar-refractivity contribution in [3.63, 3.8) is 0 Å². The van der Waals surface area contributed by atoms with Crippen LogP contribution in [0.1, 0.15) is 18.7 Å². The van der Waals surface area contributed by atoms with Gasteiger partial charge in [0.15, 0.2) is 11.6 Å². The van der Waals surface area contributed by atoms with Crippen molar-refractivity contribution in [3.8, 4) is 5.75 Å². The summed E-state index contributed by atoms with van der Waals surface area (Å²) in [5, 5.41) is 2.07. The summed E-state index contributed by atoms with van der Waals surface area (Å²) in [7, 11) is 1.97. The first-order chi connectivity index (χ1) is 10.0. The molecule has 0 spiro atoms. The number of benzene rings is 1. The molecule has 2 aromatic rings. The van der Waals surface area contributed by atoms with Crippen molar-refractivity contribution in [2.75, 3.05) is 24.3 Å². The van der Waals surface area contributed by atoms with Gasteiger partial charge in [-0.05, 0) is 25.3 Å². The Morgan fingerprint density at radius 1 is 1.43 bits per heavy atom. The van der Waals surface area contributed by atoms with Crippen LogP contribution >= 0.6 is 11.3 Å². The number of thiophene rings is 1. The fourth-order valence-electron chi connectivity index (χ4n) is 2.22. The van der Waals surface area contributed by atoms with E-state index in [9.17, 15) is 4.39 Å². The van der Waals surface area contributed by atoms with Gasteiger partial charge in [0.25, 0.3) is 0 Å². The van der Waals surface area contributed by atoms with Crippen molar-refractivity contribution in [2.45, 2.75) is 26.3 Å². The molecular formula is C16H21FN2OS. The molecule has 1 aromatic carbocycles. The first-order valence-corrected chi connectivity index (χ1v) is 7.88. The van der Waals surface area contributed by atoms with Gasteiger partial charge in [0.1, 0.15) is 0 Å². The molecule has 1 atom stereocenters. The zero-order valence-electron chi connectivity index (χ0n) is 12.6. The number of likely N-dealkylation sites (N-methyl/N-ethyl adjacent to an activating group) is 1. The average molecular weight is 308 g/mol. The molecular weight excluding hydrogens is 287 g/mol. The molecule has 0 saturated carbocycles. The van der Waals surface area contributed by atoms with Crippen LogP contribution in [0.3, 0.4) is 0 Å². The highest BCUT2D eigenvalue weighted by molar-refractivity contribution is 7.09. The molecule has 0 bridgehead atoms. The summed E-state index contributed by atoms with van der Waals surface area (Å²) in [6.07, 6.45) is 0.926. The van der Waals surface area contributed by atoms with E-state index in [0.29, 0.717) is 12.3 Å². The maximum absolute atomic E-state index is 13.8. The summed E-state index contributed by atoms with van der Waals surface area (Å²) in [5.41, 5.74) is 7.19. The number of ether oxygens (including phenoxy) is 1. The Morgan fingerprint density at radius 3 is 2.81 bits per heavy atom. The van der Waals surface area contributed by atoms with Gasteiger partial charge in [0, 0.05) is 36.5 Å². The van der Waals surface area contributed by atoms with Crippen molar-refractivity contribution in [3.05, 3.63) is 40.3 Å². The highest BCUT2D eigenvalue weighted by atomic mass is 32.1. The van der Waals surface area contributed by atoms with E-state index in [4.69, 9.17) is 10.5 Å². The van der Waals surface area contributed by atoms with Gasteiger partial charge in [0.05, 0.1) is 18.0 Å². The molecule has 5 heteroatoms. The number of hydrogen-bond acceptors (Lipinski definition) is 4.